The number of esters is 1. The van der Waals surface area contributed by atoms with Crippen molar-refractivity contribution in [3.05, 3.63) is 12.2 Å². The lowest BCUT2D eigenvalue weighted by Crippen LogP contribution is -2.50. The molecule has 4 fully saturated rings. The molecule has 4 rings (SSSR count). The van der Waals surface area contributed by atoms with Gasteiger partial charge in [0.15, 0.2) is 0 Å². The van der Waals surface area contributed by atoms with Crippen LogP contribution in [-0.2, 0) is 14.3 Å². The summed E-state index contributed by atoms with van der Waals surface area (Å²) in [6.45, 7) is 13.7. The number of hydrogen-bond acceptors (Lipinski definition) is 6. The van der Waals surface area contributed by atoms with Crippen LogP contribution in [0.3, 0.4) is 0 Å². The van der Waals surface area contributed by atoms with Crippen LogP contribution in [0.25, 0.3) is 0 Å². The van der Waals surface area contributed by atoms with Crippen molar-refractivity contribution in [3.63, 3.8) is 0 Å². The van der Waals surface area contributed by atoms with Gasteiger partial charge in [-0.2, -0.15) is 0 Å². The number of ether oxygens (including phenoxy) is 2. The third-order valence-electron chi connectivity index (χ3n) is 8.03. The fourth-order valence-electron chi connectivity index (χ4n) is 6.30. The van der Waals surface area contributed by atoms with Gasteiger partial charge in [0.2, 0.25) is 0 Å². The van der Waals surface area contributed by atoms with E-state index in [1.807, 2.05) is 0 Å². The smallest absolute Gasteiger partial charge is 0.310 e. The number of carbonyl (C=O) groups is 1. The van der Waals surface area contributed by atoms with Crippen LogP contribution < -0.4 is 0 Å². The Hall–Kier alpha value is -0.950. The van der Waals surface area contributed by atoms with Gasteiger partial charge in [0, 0.05) is 45.2 Å². The molecule has 4 aliphatic rings. The number of carbonyl (C=O) groups excluding carboxylic acids is 1. The number of allylic oxidation sites excluding steroid dienone is 1. The fraction of sp³-hybridized carbons (Fsp3) is 0.870. The predicted octanol–water partition coefficient (Wildman–Crippen LogP) is 1.93. The summed E-state index contributed by atoms with van der Waals surface area (Å²) in [6.07, 6.45) is 5.84. The van der Waals surface area contributed by atoms with Crippen LogP contribution in [0.2, 0.25) is 0 Å². The second-order valence-corrected chi connectivity index (χ2v) is 9.88. The summed E-state index contributed by atoms with van der Waals surface area (Å²) in [5.74, 6) is 0.983. The molecule has 6 nitrogen and oxygen atoms in total. The summed E-state index contributed by atoms with van der Waals surface area (Å²) in [5, 5.41) is 8.78. The number of fused-ring (bicyclic) bond motifs is 2. The third kappa shape index (κ3) is 4.55. The van der Waals surface area contributed by atoms with Crippen LogP contribution in [0.4, 0.5) is 0 Å². The average molecular weight is 407 g/mol. The van der Waals surface area contributed by atoms with Crippen molar-refractivity contribution in [2.45, 2.75) is 45.1 Å². The maximum Gasteiger partial charge on any atom is 0.310 e. The van der Waals surface area contributed by atoms with E-state index in [4.69, 9.17) is 14.6 Å². The Labute approximate surface area is 175 Å². The van der Waals surface area contributed by atoms with Crippen molar-refractivity contribution < 1.29 is 19.4 Å². The van der Waals surface area contributed by atoms with Crippen LogP contribution in [0.1, 0.15) is 39.0 Å². The molecule has 0 aromatic carbocycles. The number of piperazine rings is 1. The van der Waals surface area contributed by atoms with Crippen molar-refractivity contribution in [1.82, 2.24) is 9.80 Å². The van der Waals surface area contributed by atoms with E-state index in [0.29, 0.717) is 25.0 Å². The molecule has 2 saturated heterocycles. The molecule has 1 N–H and O–H groups in total. The zero-order valence-electron chi connectivity index (χ0n) is 18.0. The van der Waals surface area contributed by atoms with Crippen molar-refractivity contribution in [1.29, 1.82) is 0 Å². The molecule has 29 heavy (non-hydrogen) atoms. The van der Waals surface area contributed by atoms with Crippen LogP contribution >= 0.6 is 0 Å². The number of aliphatic hydroxyl groups excluding tert-OH is 1. The normalized spacial score (nSPS) is 38.6. The molecule has 2 aliphatic heterocycles. The molecule has 2 saturated carbocycles. The van der Waals surface area contributed by atoms with E-state index in [1.54, 1.807) is 0 Å². The maximum atomic E-state index is 12.8. The molecule has 0 radical (unpaired) electrons. The quantitative estimate of drug-likeness (QED) is 0.396. The molecule has 0 aromatic rings. The van der Waals surface area contributed by atoms with Crippen molar-refractivity contribution in [3.8, 4) is 0 Å². The summed E-state index contributed by atoms with van der Waals surface area (Å²) in [4.78, 5) is 17.6. The Morgan fingerprint density at radius 3 is 2.76 bits per heavy atom. The van der Waals surface area contributed by atoms with Gasteiger partial charge in [-0.1, -0.05) is 19.1 Å². The lowest BCUT2D eigenvalue weighted by molar-refractivity contribution is -0.146. The van der Waals surface area contributed by atoms with E-state index in [2.05, 4.69) is 23.3 Å². The second kappa shape index (κ2) is 9.04. The first-order chi connectivity index (χ1) is 14.0. The maximum absolute atomic E-state index is 12.8. The minimum Gasteiger partial charge on any atom is -0.462 e. The van der Waals surface area contributed by atoms with E-state index in [9.17, 15) is 4.79 Å². The highest BCUT2D eigenvalue weighted by molar-refractivity contribution is 5.75. The fourth-order valence-corrected chi connectivity index (χ4v) is 6.30. The van der Waals surface area contributed by atoms with Gasteiger partial charge in [0.1, 0.15) is 6.10 Å². The largest absolute Gasteiger partial charge is 0.462 e. The minimum absolute atomic E-state index is 0.0266. The standard InChI is InChI=1S/C23H38N2O4/c1-17-4-3-5-23(2)15-21-18(14-20(17)23)19(22(27)29-21)16-25-8-6-24(7-9-25)10-12-28-13-11-26/h18-21,26H,1,3-16H2,2H3/t18-,19-,20+,21+,23-/m0/s1. The van der Waals surface area contributed by atoms with E-state index >= 15 is 0 Å². The van der Waals surface area contributed by atoms with Gasteiger partial charge >= 0.3 is 5.97 Å². The molecule has 0 amide bonds. The summed E-state index contributed by atoms with van der Waals surface area (Å²) in [6, 6.07) is 0. The van der Waals surface area contributed by atoms with Crippen molar-refractivity contribution >= 4 is 5.97 Å². The Bertz CT molecular complexity index is 604. The Morgan fingerprint density at radius 2 is 2.00 bits per heavy atom. The van der Waals surface area contributed by atoms with E-state index in [1.165, 1.54) is 18.4 Å². The van der Waals surface area contributed by atoms with Gasteiger partial charge in [0.25, 0.3) is 0 Å². The van der Waals surface area contributed by atoms with Crippen LogP contribution in [0.15, 0.2) is 12.2 Å². The first-order valence-electron chi connectivity index (χ1n) is 11.5. The first-order valence-corrected chi connectivity index (χ1v) is 11.5. The molecule has 0 unspecified atom stereocenters. The van der Waals surface area contributed by atoms with Crippen LogP contribution in [0.5, 0.6) is 0 Å². The number of hydrogen-bond donors (Lipinski definition) is 1. The van der Waals surface area contributed by atoms with Gasteiger partial charge in [0.05, 0.1) is 25.7 Å². The molecule has 0 aromatic heterocycles. The second-order valence-electron chi connectivity index (χ2n) is 9.88. The van der Waals surface area contributed by atoms with Crippen molar-refractivity contribution in [2.24, 2.45) is 23.2 Å². The average Bonchev–Trinajstić information content (AvgIpc) is 2.99. The third-order valence-corrected chi connectivity index (χ3v) is 8.03. The summed E-state index contributed by atoms with van der Waals surface area (Å²) in [5.41, 5.74) is 1.68. The van der Waals surface area contributed by atoms with Crippen LogP contribution in [0, 0.1) is 23.2 Å². The highest BCUT2D eigenvalue weighted by Crippen LogP contribution is 2.56. The van der Waals surface area contributed by atoms with Crippen LogP contribution in [-0.4, -0.2) is 86.1 Å². The Kier molecular flexibility index (Phi) is 6.64. The van der Waals surface area contributed by atoms with Gasteiger partial charge in [-0.05, 0) is 43.4 Å². The lowest BCUT2D eigenvalue weighted by Gasteiger charge is -2.50. The van der Waals surface area contributed by atoms with E-state index < -0.39 is 0 Å². The first kappa shape index (κ1) is 21.3. The molecular formula is C23H38N2O4. The monoisotopic (exact) mass is 406 g/mol. The SMILES string of the molecule is C=C1CCC[C@@]2(C)C[C@H]3OC(=O)[C@@H](CN4CCN(CCOCCO)CC4)[C@@H]3C[C@H]12. The molecule has 2 heterocycles. The predicted molar refractivity (Wildman–Crippen MR) is 111 cm³/mol. The number of nitrogens with zero attached hydrogens (tertiary/aromatic N) is 2. The Morgan fingerprint density at radius 1 is 1.24 bits per heavy atom. The summed E-state index contributed by atoms with van der Waals surface area (Å²) in [7, 11) is 0. The molecule has 0 spiro atoms. The molecule has 6 heteroatoms. The summed E-state index contributed by atoms with van der Waals surface area (Å²) < 4.78 is 11.3. The summed E-state index contributed by atoms with van der Waals surface area (Å²) >= 11 is 0. The highest BCUT2D eigenvalue weighted by Gasteiger charge is 2.55. The number of aliphatic hydroxyl groups is 1. The van der Waals surface area contributed by atoms with Crippen molar-refractivity contribution in [2.75, 3.05) is 59.1 Å². The molecule has 2 aliphatic carbocycles. The highest BCUT2D eigenvalue weighted by atomic mass is 16.6. The lowest BCUT2D eigenvalue weighted by atomic mass is 9.55. The molecule has 0 bridgehead atoms. The topological polar surface area (TPSA) is 62.2 Å². The van der Waals surface area contributed by atoms with Gasteiger partial charge in [-0.3, -0.25) is 14.6 Å². The van der Waals surface area contributed by atoms with Gasteiger partial charge in [-0.25, -0.2) is 0 Å². The molecule has 164 valence electrons. The minimum atomic E-state index is 0.0266. The molecule has 5 atom stereocenters. The van der Waals surface area contributed by atoms with Gasteiger partial charge < -0.3 is 14.6 Å². The van der Waals surface area contributed by atoms with Gasteiger partial charge in [-0.15, -0.1) is 0 Å². The zero-order valence-corrected chi connectivity index (χ0v) is 18.0. The Balaban J connectivity index is 1.30. The zero-order chi connectivity index (χ0) is 20.4. The van der Waals surface area contributed by atoms with E-state index in [-0.39, 0.29) is 30.0 Å². The molecular weight excluding hydrogens is 368 g/mol. The van der Waals surface area contributed by atoms with E-state index in [0.717, 1.165) is 58.5 Å². The number of rotatable bonds is 7.